The highest BCUT2D eigenvalue weighted by atomic mass is 16.5. The summed E-state index contributed by atoms with van der Waals surface area (Å²) in [5, 5.41) is 6.96. The number of nitrogens with zero attached hydrogens (tertiary/aromatic N) is 1. The maximum atomic E-state index is 5.94. The van der Waals surface area contributed by atoms with Gasteiger partial charge in [-0.1, -0.05) is 26.0 Å². The van der Waals surface area contributed by atoms with Crippen LogP contribution in [0.4, 0.5) is 0 Å². The number of nitrogens with one attached hydrogen (secondary N) is 2. The van der Waals surface area contributed by atoms with Crippen molar-refractivity contribution >= 4 is 5.96 Å². The van der Waals surface area contributed by atoms with Crippen molar-refractivity contribution in [2.24, 2.45) is 4.99 Å². The average molecular weight is 345 g/mol. The number of fused-ring (bicyclic) bond motifs is 2. The highest BCUT2D eigenvalue weighted by Crippen LogP contribution is 2.34. The molecule has 3 atom stereocenters. The van der Waals surface area contributed by atoms with Crippen LogP contribution in [0.3, 0.4) is 0 Å². The standard InChI is InChI=1S/C20H31N3O2/c1-5-21-19(23-17-12-16-10-11-18(17)25-16)22-13-20(2,3)14-6-8-15(24-4)9-7-14/h6-9,16-18H,5,10-13H2,1-4H3,(H2,21,22,23). The van der Waals surface area contributed by atoms with Gasteiger partial charge in [-0.2, -0.15) is 0 Å². The highest BCUT2D eigenvalue weighted by Gasteiger charge is 2.41. The number of hydrogen-bond donors (Lipinski definition) is 2. The first kappa shape index (κ1) is 18.1. The molecule has 0 aromatic heterocycles. The van der Waals surface area contributed by atoms with E-state index in [4.69, 9.17) is 14.5 Å². The zero-order valence-corrected chi connectivity index (χ0v) is 15.8. The summed E-state index contributed by atoms with van der Waals surface area (Å²) in [5.41, 5.74) is 1.22. The molecule has 2 aliphatic rings. The van der Waals surface area contributed by atoms with E-state index in [9.17, 15) is 0 Å². The van der Waals surface area contributed by atoms with Gasteiger partial charge < -0.3 is 20.1 Å². The Kier molecular flexibility index (Phi) is 5.52. The van der Waals surface area contributed by atoms with Crippen LogP contribution in [0.1, 0.15) is 45.6 Å². The van der Waals surface area contributed by atoms with Crippen LogP contribution in [0, 0.1) is 0 Å². The van der Waals surface area contributed by atoms with Crippen molar-refractivity contribution < 1.29 is 9.47 Å². The summed E-state index contributed by atoms with van der Waals surface area (Å²) in [6.07, 6.45) is 4.27. The van der Waals surface area contributed by atoms with E-state index in [2.05, 4.69) is 43.5 Å². The molecule has 2 fully saturated rings. The predicted molar refractivity (Wildman–Crippen MR) is 101 cm³/mol. The van der Waals surface area contributed by atoms with Crippen LogP contribution in [0.2, 0.25) is 0 Å². The molecule has 2 aliphatic heterocycles. The van der Waals surface area contributed by atoms with E-state index in [1.807, 2.05) is 12.1 Å². The Balaban J connectivity index is 1.64. The smallest absolute Gasteiger partial charge is 0.191 e. The van der Waals surface area contributed by atoms with Gasteiger partial charge >= 0.3 is 0 Å². The SMILES string of the molecule is CCNC(=NCC(C)(C)c1ccc(OC)cc1)NC1CC2CCC1O2. The van der Waals surface area contributed by atoms with Gasteiger partial charge in [-0.25, -0.2) is 0 Å². The van der Waals surface area contributed by atoms with Crippen molar-refractivity contribution in [3.8, 4) is 5.75 Å². The lowest BCUT2D eigenvalue weighted by molar-refractivity contribution is 0.0992. The molecule has 138 valence electrons. The normalized spacial score (nSPS) is 25.9. The maximum Gasteiger partial charge on any atom is 0.191 e. The molecule has 0 aliphatic carbocycles. The minimum absolute atomic E-state index is 0.0419. The molecule has 3 rings (SSSR count). The third kappa shape index (κ3) is 4.27. The Morgan fingerprint density at radius 3 is 2.60 bits per heavy atom. The van der Waals surface area contributed by atoms with Crippen molar-refractivity contribution in [3.63, 3.8) is 0 Å². The van der Waals surface area contributed by atoms with Gasteiger partial charge in [-0.05, 0) is 43.9 Å². The van der Waals surface area contributed by atoms with E-state index in [-0.39, 0.29) is 5.41 Å². The number of rotatable bonds is 6. The van der Waals surface area contributed by atoms with Crippen LogP contribution in [-0.2, 0) is 10.2 Å². The van der Waals surface area contributed by atoms with Gasteiger partial charge in [0.2, 0.25) is 0 Å². The molecular formula is C20H31N3O2. The van der Waals surface area contributed by atoms with E-state index in [0.717, 1.165) is 31.2 Å². The maximum absolute atomic E-state index is 5.94. The topological polar surface area (TPSA) is 54.9 Å². The van der Waals surface area contributed by atoms with Gasteiger partial charge in [0, 0.05) is 12.0 Å². The Morgan fingerprint density at radius 2 is 2.04 bits per heavy atom. The van der Waals surface area contributed by atoms with Crippen LogP contribution >= 0.6 is 0 Å². The molecule has 25 heavy (non-hydrogen) atoms. The Morgan fingerprint density at radius 1 is 1.28 bits per heavy atom. The molecule has 2 saturated heterocycles. The Bertz CT molecular complexity index is 597. The first-order valence-corrected chi connectivity index (χ1v) is 9.36. The van der Waals surface area contributed by atoms with Gasteiger partial charge in [-0.15, -0.1) is 0 Å². The number of guanidine groups is 1. The molecule has 0 radical (unpaired) electrons. The lowest BCUT2D eigenvalue weighted by Gasteiger charge is -2.26. The van der Waals surface area contributed by atoms with Crippen LogP contribution < -0.4 is 15.4 Å². The van der Waals surface area contributed by atoms with Crippen LogP contribution in [-0.4, -0.2) is 44.4 Å². The highest BCUT2D eigenvalue weighted by molar-refractivity contribution is 5.80. The molecule has 5 heteroatoms. The minimum atomic E-state index is -0.0419. The molecule has 0 amide bonds. The van der Waals surface area contributed by atoms with Gasteiger partial charge in [0.05, 0.1) is 31.9 Å². The summed E-state index contributed by atoms with van der Waals surface area (Å²) >= 11 is 0. The number of hydrogen-bond acceptors (Lipinski definition) is 3. The fourth-order valence-corrected chi connectivity index (χ4v) is 3.70. The number of methoxy groups -OCH3 is 1. The second-order valence-corrected chi connectivity index (χ2v) is 7.67. The van der Waals surface area contributed by atoms with Crippen molar-refractivity contribution in [3.05, 3.63) is 29.8 Å². The quantitative estimate of drug-likeness (QED) is 0.615. The van der Waals surface area contributed by atoms with E-state index < -0.39 is 0 Å². The van der Waals surface area contributed by atoms with Crippen molar-refractivity contribution in [1.29, 1.82) is 0 Å². The largest absolute Gasteiger partial charge is 0.497 e. The van der Waals surface area contributed by atoms with E-state index in [1.165, 1.54) is 18.4 Å². The summed E-state index contributed by atoms with van der Waals surface area (Å²) in [4.78, 5) is 4.86. The molecule has 2 heterocycles. The molecule has 1 aromatic rings. The molecular weight excluding hydrogens is 314 g/mol. The van der Waals surface area contributed by atoms with Crippen LogP contribution in [0.5, 0.6) is 5.75 Å². The van der Waals surface area contributed by atoms with Gasteiger partial charge in [0.1, 0.15) is 5.75 Å². The molecule has 0 saturated carbocycles. The summed E-state index contributed by atoms with van der Waals surface area (Å²) in [6, 6.07) is 8.66. The van der Waals surface area contributed by atoms with Gasteiger partial charge in [0.15, 0.2) is 5.96 Å². The summed E-state index contributed by atoms with van der Waals surface area (Å²) in [7, 11) is 1.69. The molecule has 2 bridgehead atoms. The van der Waals surface area contributed by atoms with Crippen molar-refractivity contribution in [2.75, 3.05) is 20.2 Å². The summed E-state index contributed by atoms with van der Waals surface area (Å²) in [5.74, 6) is 1.78. The fraction of sp³-hybridized carbons (Fsp3) is 0.650. The zero-order valence-electron chi connectivity index (χ0n) is 15.8. The average Bonchev–Trinajstić information content (AvgIpc) is 3.23. The predicted octanol–water partition coefficient (Wildman–Crippen LogP) is 2.85. The van der Waals surface area contributed by atoms with Crippen LogP contribution in [0.15, 0.2) is 29.3 Å². The van der Waals surface area contributed by atoms with Crippen molar-refractivity contribution in [1.82, 2.24) is 10.6 Å². The van der Waals surface area contributed by atoms with Gasteiger partial charge in [0.25, 0.3) is 0 Å². The van der Waals surface area contributed by atoms with E-state index >= 15 is 0 Å². The Labute approximate surface area is 151 Å². The lowest BCUT2D eigenvalue weighted by atomic mass is 9.85. The summed E-state index contributed by atoms with van der Waals surface area (Å²) < 4.78 is 11.2. The molecule has 5 nitrogen and oxygen atoms in total. The lowest BCUT2D eigenvalue weighted by Crippen LogP contribution is -2.47. The van der Waals surface area contributed by atoms with Crippen LogP contribution in [0.25, 0.3) is 0 Å². The second kappa shape index (κ2) is 7.65. The molecule has 1 aromatic carbocycles. The first-order valence-electron chi connectivity index (χ1n) is 9.36. The second-order valence-electron chi connectivity index (χ2n) is 7.67. The zero-order chi connectivity index (χ0) is 17.9. The Hall–Kier alpha value is -1.75. The summed E-state index contributed by atoms with van der Waals surface area (Å²) in [6.45, 7) is 8.13. The number of aliphatic imine (C=N–C) groups is 1. The molecule has 2 N–H and O–H groups in total. The van der Waals surface area contributed by atoms with Gasteiger partial charge in [-0.3, -0.25) is 4.99 Å². The van der Waals surface area contributed by atoms with E-state index in [0.29, 0.717) is 18.2 Å². The third-order valence-corrected chi connectivity index (χ3v) is 5.28. The fourth-order valence-electron chi connectivity index (χ4n) is 3.70. The number of ether oxygens (including phenoxy) is 2. The first-order chi connectivity index (χ1) is 12.0. The third-order valence-electron chi connectivity index (χ3n) is 5.28. The molecule has 3 unspecified atom stereocenters. The van der Waals surface area contributed by atoms with E-state index in [1.54, 1.807) is 7.11 Å². The molecule has 0 spiro atoms. The minimum Gasteiger partial charge on any atom is -0.497 e. The monoisotopic (exact) mass is 345 g/mol. The van der Waals surface area contributed by atoms with Crippen molar-refractivity contribution in [2.45, 2.75) is 63.7 Å². The number of benzene rings is 1.